The molecule has 4 rings (SSSR count). The number of ether oxygens (including phenoxy) is 1. The van der Waals surface area contributed by atoms with Gasteiger partial charge in [-0.25, -0.2) is 9.69 Å². The molecule has 2 amide bonds. The molecule has 1 fully saturated rings. The number of allylic oxidation sites excluding steroid dienone is 1. The van der Waals surface area contributed by atoms with Gasteiger partial charge in [-0.15, -0.1) is 0 Å². The Morgan fingerprint density at radius 1 is 1.09 bits per heavy atom. The molecule has 1 aliphatic heterocycles. The van der Waals surface area contributed by atoms with Gasteiger partial charge in [-0.1, -0.05) is 86.1 Å². The van der Waals surface area contributed by atoms with Crippen molar-refractivity contribution in [2.24, 2.45) is 5.92 Å². The highest BCUT2D eigenvalue weighted by Crippen LogP contribution is 2.30. The Morgan fingerprint density at radius 2 is 1.81 bits per heavy atom. The third-order valence-corrected chi connectivity index (χ3v) is 6.19. The minimum atomic E-state index is -0.564. The molecule has 1 aliphatic rings. The third kappa shape index (κ3) is 4.71. The molecule has 2 atom stereocenters. The van der Waals surface area contributed by atoms with Crippen LogP contribution in [0.3, 0.4) is 0 Å². The summed E-state index contributed by atoms with van der Waals surface area (Å²) in [6.45, 7) is 4.22. The van der Waals surface area contributed by atoms with Crippen LogP contribution in [0.4, 0.5) is 4.79 Å². The number of rotatable bonds is 6. The van der Waals surface area contributed by atoms with Gasteiger partial charge in [0.05, 0.1) is 12.0 Å². The Balaban J connectivity index is 1.60. The quantitative estimate of drug-likeness (QED) is 0.423. The lowest BCUT2D eigenvalue weighted by Gasteiger charge is -2.26. The van der Waals surface area contributed by atoms with Crippen LogP contribution in [0, 0.1) is 5.92 Å². The Bertz CT molecular complexity index is 1150. The van der Waals surface area contributed by atoms with Gasteiger partial charge in [-0.2, -0.15) is 0 Å². The number of carbonyl (C=O) groups is 2. The summed E-state index contributed by atoms with van der Waals surface area (Å²) >= 11 is 6.06. The summed E-state index contributed by atoms with van der Waals surface area (Å²) in [4.78, 5) is 27.2. The van der Waals surface area contributed by atoms with Gasteiger partial charge in [-0.3, -0.25) is 4.79 Å². The smallest absolute Gasteiger partial charge is 0.417 e. The van der Waals surface area contributed by atoms with Crippen molar-refractivity contribution in [3.63, 3.8) is 0 Å². The first kappa shape index (κ1) is 22.1. The lowest BCUT2D eigenvalue weighted by atomic mass is 9.92. The van der Waals surface area contributed by atoms with E-state index >= 15 is 0 Å². The number of cyclic esters (lactones) is 1. The maximum absolute atomic E-state index is 13.5. The highest BCUT2D eigenvalue weighted by atomic mass is 35.5. The van der Waals surface area contributed by atoms with Gasteiger partial charge >= 0.3 is 6.09 Å². The molecule has 0 radical (unpaired) electrons. The molecule has 3 aromatic rings. The van der Waals surface area contributed by atoms with Gasteiger partial charge in [0.2, 0.25) is 5.91 Å². The highest BCUT2D eigenvalue weighted by molar-refractivity contribution is 6.30. The number of carbonyl (C=O) groups excluding carboxylic acids is 2. The molecule has 0 aromatic heterocycles. The van der Waals surface area contributed by atoms with Crippen LogP contribution in [0.5, 0.6) is 0 Å². The van der Waals surface area contributed by atoms with Gasteiger partial charge in [0.15, 0.2) is 0 Å². The Hall–Kier alpha value is -3.11. The predicted octanol–water partition coefficient (Wildman–Crippen LogP) is 6.68. The van der Waals surface area contributed by atoms with Gasteiger partial charge < -0.3 is 4.74 Å². The van der Waals surface area contributed by atoms with E-state index in [9.17, 15) is 9.59 Å². The second-order valence-corrected chi connectivity index (χ2v) is 8.88. The number of fused-ring (bicyclic) bond motifs is 1. The fourth-order valence-electron chi connectivity index (χ4n) is 4.07. The standard InChI is InChI=1S/C27H26ClNO3/c1-18(2)25-17-32-27(31)29(25)26(30)24(21-12-14-23(28)15-13-21)9-5-6-19-10-11-20-7-3-4-8-22(20)16-19/h3-8,10-16,18,24-25H,9,17H2,1-2H3/t24-,25+/m1/s1. The molecule has 4 nitrogen and oxygen atoms in total. The normalized spacial score (nSPS) is 17.3. The fourth-order valence-corrected chi connectivity index (χ4v) is 4.20. The summed E-state index contributed by atoms with van der Waals surface area (Å²) in [5.41, 5.74) is 1.89. The molecule has 1 heterocycles. The Morgan fingerprint density at radius 3 is 2.53 bits per heavy atom. The monoisotopic (exact) mass is 447 g/mol. The van der Waals surface area contributed by atoms with Crippen LogP contribution < -0.4 is 0 Å². The van der Waals surface area contributed by atoms with E-state index in [2.05, 4.69) is 30.3 Å². The zero-order valence-electron chi connectivity index (χ0n) is 18.2. The lowest BCUT2D eigenvalue weighted by Crippen LogP contribution is -2.44. The van der Waals surface area contributed by atoms with Crippen molar-refractivity contribution in [2.75, 3.05) is 6.61 Å². The van der Waals surface area contributed by atoms with Gasteiger partial charge in [0, 0.05) is 5.02 Å². The van der Waals surface area contributed by atoms with Crippen LogP contribution in [-0.4, -0.2) is 29.5 Å². The first-order valence-corrected chi connectivity index (χ1v) is 11.2. The number of halogens is 1. The van der Waals surface area contributed by atoms with Gasteiger partial charge in [0.1, 0.15) is 6.61 Å². The molecule has 0 aliphatic carbocycles. The van der Waals surface area contributed by atoms with E-state index in [1.807, 2.05) is 50.3 Å². The van der Waals surface area contributed by atoms with E-state index in [0.717, 1.165) is 11.1 Å². The van der Waals surface area contributed by atoms with Gasteiger partial charge in [-0.05, 0) is 52.4 Å². The van der Waals surface area contributed by atoms with Crippen molar-refractivity contribution in [3.05, 3.63) is 89.0 Å². The number of nitrogens with zero attached hydrogens (tertiary/aromatic N) is 1. The zero-order valence-corrected chi connectivity index (χ0v) is 19.0. The molecule has 0 spiro atoms. The van der Waals surface area contributed by atoms with Crippen molar-refractivity contribution in [1.29, 1.82) is 0 Å². The van der Waals surface area contributed by atoms with Gasteiger partial charge in [0.25, 0.3) is 0 Å². The van der Waals surface area contributed by atoms with Crippen molar-refractivity contribution in [1.82, 2.24) is 4.90 Å². The van der Waals surface area contributed by atoms with E-state index in [4.69, 9.17) is 16.3 Å². The minimum absolute atomic E-state index is 0.115. The van der Waals surface area contributed by atoms with Crippen molar-refractivity contribution >= 4 is 40.4 Å². The first-order chi connectivity index (χ1) is 15.4. The molecule has 164 valence electrons. The van der Waals surface area contributed by atoms with Crippen LogP contribution in [0.2, 0.25) is 5.02 Å². The van der Waals surface area contributed by atoms with Crippen LogP contribution in [0.25, 0.3) is 16.8 Å². The maximum Gasteiger partial charge on any atom is 0.417 e. The van der Waals surface area contributed by atoms with E-state index in [-0.39, 0.29) is 24.5 Å². The fraction of sp³-hybridized carbons (Fsp3) is 0.259. The number of hydrogen-bond acceptors (Lipinski definition) is 3. The zero-order chi connectivity index (χ0) is 22.7. The lowest BCUT2D eigenvalue weighted by molar-refractivity contribution is -0.131. The molecule has 5 heteroatoms. The molecule has 0 saturated carbocycles. The molecule has 32 heavy (non-hydrogen) atoms. The summed E-state index contributed by atoms with van der Waals surface area (Å²) in [7, 11) is 0. The number of amides is 2. The first-order valence-electron chi connectivity index (χ1n) is 10.8. The van der Waals surface area contributed by atoms with Crippen LogP contribution in [-0.2, 0) is 9.53 Å². The molecule has 0 N–H and O–H groups in total. The van der Waals surface area contributed by atoms with E-state index < -0.39 is 12.0 Å². The summed E-state index contributed by atoms with van der Waals surface area (Å²) in [6.07, 6.45) is 3.91. The molecule has 1 saturated heterocycles. The second kappa shape index (κ2) is 9.58. The molecular weight excluding hydrogens is 422 g/mol. The maximum atomic E-state index is 13.5. The van der Waals surface area contributed by atoms with E-state index in [1.54, 1.807) is 12.1 Å². The molecule has 0 unspecified atom stereocenters. The SMILES string of the molecule is CC(C)[C@@H]1COC(=O)N1C(=O)[C@H](CC=Cc1ccc2ccccc2c1)c1ccc(Cl)cc1. The van der Waals surface area contributed by atoms with Crippen LogP contribution in [0.15, 0.2) is 72.8 Å². The van der Waals surface area contributed by atoms with Crippen LogP contribution >= 0.6 is 11.6 Å². The number of hydrogen-bond donors (Lipinski definition) is 0. The van der Waals surface area contributed by atoms with Crippen LogP contribution in [0.1, 0.15) is 37.3 Å². The number of benzene rings is 3. The molecule has 3 aromatic carbocycles. The highest BCUT2D eigenvalue weighted by Gasteiger charge is 2.42. The van der Waals surface area contributed by atoms with E-state index in [0.29, 0.717) is 11.4 Å². The second-order valence-electron chi connectivity index (χ2n) is 8.45. The molecule has 0 bridgehead atoms. The largest absolute Gasteiger partial charge is 0.447 e. The summed E-state index contributed by atoms with van der Waals surface area (Å²) in [5, 5.41) is 2.96. The predicted molar refractivity (Wildman–Crippen MR) is 129 cm³/mol. The van der Waals surface area contributed by atoms with Crippen molar-refractivity contribution in [2.45, 2.75) is 32.2 Å². The Kier molecular flexibility index (Phi) is 6.61. The summed E-state index contributed by atoms with van der Waals surface area (Å²) < 4.78 is 5.21. The van der Waals surface area contributed by atoms with Crippen molar-refractivity contribution in [3.8, 4) is 0 Å². The topological polar surface area (TPSA) is 46.6 Å². The third-order valence-electron chi connectivity index (χ3n) is 5.94. The molecular formula is C27H26ClNO3. The van der Waals surface area contributed by atoms with Crippen molar-refractivity contribution < 1.29 is 14.3 Å². The summed E-state index contributed by atoms with van der Waals surface area (Å²) in [6, 6.07) is 21.5. The number of imide groups is 1. The van der Waals surface area contributed by atoms with E-state index in [1.165, 1.54) is 15.7 Å². The Labute approximate surface area is 193 Å². The summed E-state index contributed by atoms with van der Waals surface area (Å²) in [5.74, 6) is -0.628. The average molecular weight is 448 g/mol. The minimum Gasteiger partial charge on any atom is -0.447 e. The average Bonchev–Trinajstić information content (AvgIpc) is 3.19.